The smallest absolute Gasteiger partial charge is 0.0599 e. The number of aliphatic imine (C=N–C) groups is 1. The first-order valence-electron chi connectivity index (χ1n) is 2.54. The van der Waals surface area contributed by atoms with Gasteiger partial charge >= 0.3 is 0 Å². The van der Waals surface area contributed by atoms with Gasteiger partial charge in [-0.25, -0.2) is 0 Å². The van der Waals surface area contributed by atoms with Crippen molar-refractivity contribution in [3.05, 3.63) is 12.2 Å². The Bertz CT molecular complexity index is 80.4. The van der Waals surface area contributed by atoms with E-state index in [9.17, 15) is 0 Å². The Balaban J connectivity index is 2.38. The van der Waals surface area contributed by atoms with Gasteiger partial charge in [0, 0.05) is 13.0 Å². The lowest BCUT2D eigenvalue weighted by molar-refractivity contribution is 1.02. The van der Waals surface area contributed by atoms with Crippen molar-refractivity contribution >= 4 is 6.21 Å². The Morgan fingerprint density at radius 3 is 3.43 bits per heavy atom. The quantitative estimate of drug-likeness (QED) is 0.401. The predicted molar refractivity (Wildman–Crippen MR) is 30.7 cm³/mol. The van der Waals surface area contributed by atoms with Crippen molar-refractivity contribution in [2.75, 3.05) is 6.54 Å². The van der Waals surface area contributed by atoms with Gasteiger partial charge in [-0.1, -0.05) is 12.2 Å². The summed E-state index contributed by atoms with van der Waals surface area (Å²) in [6.45, 7) is 0.927. The molecule has 0 amide bonds. The van der Waals surface area contributed by atoms with Gasteiger partial charge in [-0.15, -0.1) is 0 Å². The highest BCUT2D eigenvalue weighted by molar-refractivity contribution is 5.59. The second-order valence-corrected chi connectivity index (χ2v) is 1.50. The van der Waals surface area contributed by atoms with E-state index in [0.29, 0.717) is 0 Å². The molecule has 1 aliphatic heterocycles. The molecule has 7 heavy (non-hydrogen) atoms. The number of hydrogen-bond donors (Lipinski definition) is 0. The molecule has 37 valence electrons. The zero-order valence-electron chi connectivity index (χ0n) is 4.22. The van der Waals surface area contributed by atoms with Crippen molar-refractivity contribution in [2.24, 2.45) is 4.99 Å². The van der Waals surface area contributed by atoms with Crippen LogP contribution in [0.5, 0.6) is 0 Å². The van der Waals surface area contributed by atoms with Gasteiger partial charge in [0.1, 0.15) is 0 Å². The molecule has 0 aromatic rings. The van der Waals surface area contributed by atoms with Crippen molar-refractivity contribution < 1.29 is 0 Å². The molecule has 0 bridgehead atoms. The first-order chi connectivity index (χ1) is 3.50. The third-order valence-corrected chi connectivity index (χ3v) is 0.895. The van der Waals surface area contributed by atoms with Crippen molar-refractivity contribution in [1.82, 2.24) is 0 Å². The summed E-state index contributed by atoms with van der Waals surface area (Å²) in [6, 6.07) is 0. The Morgan fingerprint density at radius 2 is 2.43 bits per heavy atom. The first kappa shape index (κ1) is 4.57. The monoisotopic (exact) mass is 94.1 g/mol. The predicted octanol–water partition coefficient (Wildman–Crippen LogP) is 1.28. The number of rotatable bonds is 0. The second-order valence-electron chi connectivity index (χ2n) is 1.50. The normalized spacial score (nSPS) is 19.4. The van der Waals surface area contributed by atoms with Crippen LogP contribution in [0.15, 0.2) is 17.1 Å². The molecule has 1 radical (unpaired) electrons. The minimum Gasteiger partial charge on any atom is -0.287 e. The van der Waals surface area contributed by atoms with Crippen LogP contribution < -0.4 is 0 Å². The molecule has 1 rings (SSSR count). The molecule has 0 fully saturated rings. The highest BCUT2D eigenvalue weighted by atomic mass is 14.7. The largest absolute Gasteiger partial charge is 0.287 e. The third-order valence-electron chi connectivity index (χ3n) is 0.895. The van der Waals surface area contributed by atoms with Gasteiger partial charge in [0.2, 0.25) is 0 Å². The highest BCUT2D eigenvalue weighted by Gasteiger charge is 1.81. The van der Waals surface area contributed by atoms with Crippen molar-refractivity contribution in [3.63, 3.8) is 0 Å². The first-order valence-corrected chi connectivity index (χ1v) is 2.54. The second kappa shape index (κ2) is 2.56. The Labute approximate surface area is 43.8 Å². The van der Waals surface area contributed by atoms with E-state index in [1.54, 1.807) is 0 Å². The molecule has 0 aromatic heterocycles. The molecular formula is C6H8N. The molecule has 0 N–H and O–H groups in total. The van der Waals surface area contributed by atoms with Crippen LogP contribution in [-0.4, -0.2) is 12.8 Å². The Hall–Kier alpha value is -0.590. The van der Waals surface area contributed by atoms with Crippen molar-refractivity contribution in [3.8, 4) is 0 Å². The third kappa shape index (κ3) is 1.53. The van der Waals surface area contributed by atoms with E-state index in [2.05, 4.69) is 23.4 Å². The van der Waals surface area contributed by atoms with Gasteiger partial charge in [0.05, 0.1) is 6.21 Å². The standard InChI is InChI=1S/C6H8N/c1-2-4-6-7-5-3-1/h1-2H,3-5H2. The molecule has 1 nitrogen and oxygen atoms in total. The van der Waals surface area contributed by atoms with E-state index in [-0.39, 0.29) is 0 Å². The summed E-state index contributed by atoms with van der Waals surface area (Å²) in [5, 5.41) is 0. The van der Waals surface area contributed by atoms with E-state index >= 15 is 0 Å². The topological polar surface area (TPSA) is 12.4 Å². The lowest BCUT2D eigenvalue weighted by Gasteiger charge is -1.76. The summed E-state index contributed by atoms with van der Waals surface area (Å²) in [5.41, 5.74) is 0. The average molecular weight is 94.1 g/mol. The summed E-state index contributed by atoms with van der Waals surface area (Å²) in [7, 11) is 0. The van der Waals surface area contributed by atoms with Crippen LogP contribution in [0, 0.1) is 0 Å². The fraction of sp³-hybridized carbons (Fsp3) is 0.500. The summed E-state index contributed by atoms with van der Waals surface area (Å²) in [5.74, 6) is 0. The zero-order chi connectivity index (χ0) is 4.95. The zero-order valence-corrected chi connectivity index (χ0v) is 4.22. The van der Waals surface area contributed by atoms with Gasteiger partial charge in [-0.2, -0.15) is 0 Å². The SMILES string of the molecule is [C]1=NCCC=CC1. The molecule has 1 aliphatic rings. The Morgan fingerprint density at radius 1 is 1.43 bits per heavy atom. The van der Waals surface area contributed by atoms with Crippen LogP contribution in [-0.2, 0) is 0 Å². The van der Waals surface area contributed by atoms with Crippen LogP contribution in [0.1, 0.15) is 12.8 Å². The molecule has 1 heteroatoms. The van der Waals surface area contributed by atoms with Crippen LogP contribution in [0.4, 0.5) is 0 Å². The van der Waals surface area contributed by atoms with E-state index in [1.807, 2.05) is 0 Å². The number of nitrogens with zero attached hydrogens (tertiary/aromatic N) is 1. The van der Waals surface area contributed by atoms with Gasteiger partial charge in [0.25, 0.3) is 0 Å². The van der Waals surface area contributed by atoms with Gasteiger partial charge in [0.15, 0.2) is 0 Å². The number of allylic oxidation sites excluding steroid dienone is 1. The lowest BCUT2D eigenvalue weighted by Crippen LogP contribution is -1.71. The fourth-order valence-electron chi connectivity index (χ4n) is 0.537. The number of hydrogen-bond acceptors (Lipinski definition) is 1. The maximum absolute atomic E-state index is 3.96. The molecule has 0 atom stereocenters. The molecule has 0 saturated heterocycles. The average Bonchev–Trinajstić information content (AvgIpc) is 1.90. The molecule has 1 heterocycles. The summed E-state index contributed by atoms with van der Waals surface area (Å²) < 4.78 is 0. The van der Waals surface area contributed by atoms with Gasteiger partial charge in [-0.3, -0.25) is 4.99 Å². The fourth-order valence-corrected chi connectivity index (χ4v) is 0.537. The maximum Gasteiger partial charge on any atom is 0.0599 e. The van der Waals surface area contributed by atoms with Crippen LogP contribution in [0.25, 0.3) is 0 Å². The molecule has 0 aromatic carbocycles. The molecular weight excluding hydrogens is 86.1 g/mol. The molecule has 0 aliphatic carbocycles. The minimum absolute atomic E-state index is 0.903. The highest BCUT2D eigenvalue weighted by Crippen LogP contribution is 1.90. The lowest BCUT2D eigenvalue weighted by atomic mass is 10.4. The van der Waals surface area contributed by atoms with E-state index < -0.39 is 0 Å². The van der Waals surface area contributed by atoms with Gasteiger partial charge in [-0.05, 0) is 6.42 Å². The Kier molecular flexibility index (Phi) is 1.67. The van der Waals surface area contributed by atoms with E-state index in [4.69, 9.17) is 0 Å². The summed E-state index contributed by atoms with van der Waals surface area (Å²) in [6.07, 6.45) is 9.11. The molecule has 0 unspecified atom stereocenters. The van der Waals surface area contributed by atoms with Crippen molar-refractivity contribution in [2.45, 2.75) is 12.8 Å². The van der Waals surface area contributed by atoms with E-state index in [1.165, 1.54) is 0 Å². The summed E-state index contributed by atoms with van der Waals surface area (Å²) >= 11 is 0. The van der Waals surface area contributed by atoms with Crippen LogP contribution in [0.2, 0.25) is 0 Å². The van der Waals surface area contributed by atoms with Crippen LogP contribution in [0.3, 0.4) is 0 Å². The summed E-state index contributed by atoms with van der Waals surface area (Å²) in [4.78, 5) is 3.96. The van der Waals surface area contributed by atoms with Crippen molar-refractivity contribution in [1.29, 1.82) is 0 Å². The van der Waals surface area contributed by atoms with E-state index in [0.717, 1.165) is 19.4 Å². The maximum atomic E-state index is 3.96. The molecule has 0 spiro atoms. The van der Waals surface area contributed by atoms with Gasteiger partial charge < -0.3 is 0 Å². The minimum atomic E-state index is 0.903. The van der Waals surface area contributed by atoms with Crippen LogP contribution >= 0.6 is 0 Å². The molecule has 0 saturated carbocycles.